The van der Waals surface area contributed by atoms with Crippen LogP contribution in [0.4, 0.5) is 4.79 Å². The number of carbonyl (C=O) groups excluding carboxylic acids is 1. The standard InChI is InChI=1S/C20H31N3O2/c1-20(2,3)25-19(24)23-13-11-22(12-14-23)15-16-7-4-5-8-17(16)18-9-6-10-21-18/h4-5,7-8,18,21H,6,9-15H2,1-3H3/t18-/m1/s1. The summed E-state index contributed by atoms with van der Waals surface area (Å²) in [5.74, 6) is 0. The van der Waals surface area contributed by atoms with Gasteiger partial charge in [0.25, 0.3) is 0 Å². The molecule has 0 unspecified atom stereocenters. The van der Waals surface area contributed by atoms with Crippen LogP contribution in [0, 0.1) is 0 Å². The van der Waals surface area contributed by atoms with E-state index in [-0.39, 0.29) is 6.09 Å². The van der Waals surface area contributed by atoms with Crippen LogP contribution in [0.15, 0.2) is 24.3 Å². The molecule has 2 fully saturated rings. The zero-order valence-electron chi connectivity index (χ0n) is 15.8. The highest BCUT2D eigenvalue weighted by atomic mass is 16.6. The average molecular weight is 345 g/mol. The summed E-state index contributed by atoms with van der Waals surface area (Å²) in [6.07, 6.45) is 2.29. The Kier molecular flexibility index (Phi) is 5.64. The van der Waals surface area contributed by atoms with Crippen LogP contribution in [0.5, 0.6) is 0 Å². The lowest BCUT2D eigenvalue weighted by atomic mass is 9.98. The van der Waals surface area contributed by atoms with E-state index in [9.17, 15) is 4.79 Å². The molecule has 0 saturated carbocycles. The van der Waals surface area contributed by atoms with E-state index in [1.807, 2.05) is 25.7 Å². The molecule has 138 valence electrons. The topological polar surface area (TPSA) is 44.8 Å². The van der Waals surface area contributed by atoms with Gasteiger partial charge >= 0.3 is 6.09 Å². The molecule has 2 aliphatic rings. The van der Waals surface area contributed by atoms with Gasteiger partial charge in [-0.15, -0.1) is 0 Å². The Hall–Kier alpha value is -1.59. The minimum atomic E-state index is -0.429. The molecule has 2 aliphatic heterocycles. The zero-order chi connectivity index (χ0) is 17.9. The van der Waals surface area contributed by atoms with E-state index in [0.717, 1.165) is 39.3 Å². The van der Waals surface area contributed by atoms with Gasteiger partial charge in [0.1, 0.15) is 5.60 Å². The quantitative estimate of drug-likeness (QED) is 0.914. The molecular formula is C20H31N3O2. The number of rotatable bonds is 3. The van der Waals surface area contributed by atoms with Gasteiger partial charge in [0.2, 0.25) is 0 Å². The maximum atomic E-state index is 12.2. The summed E-state index contributed by atoms with van der Waals surface area (Å²) in [7, 11) is 0. The lowest BCUT2D eigenvalue weighted by Gasteiger charge is -2.36. The molecule has 25 heavy (non-hydrogen) atoms. The van der Waals surface area contributed by atoms with E-state index >= 15 is 0 Å². The normalized spacial score (nSPS) is 22.2. The van der Waals surface area contributed by atoms with Crippen LogP contribution in [0.2, 0.25) is 0 Å². The van der Waals surface area contributed by atoms with E-state index in [1.165, 1.54) is 24.0 Å². The van der Waals surface area contributed by atoms with Crippen LogP contribution in [0.3, 0.4) is 0 Å². The predicted molar refractivity (Wildman–Crippen MR) is 99.5 cm³/mol. The number of hydrogen-bond acceptors (Lipinski definition) is 4. The fourth-order valence-electron chi connectivity index (χ4n) is 3.62. The smallest absolute Gasteiger partial charge is 0.410 e. The number of piperazine rings is 1. The SMILES string of the molecule is CC(C)(C)OC(=O)N1CCN(Cc2ccccc2[C@H]2CCCN2)CC1. The number of ether oxygens (including phenoxy) is 1. The number of nitrogens with one attached hydrogen (secondary N) is 1. The monoisotopic (exact) mass is 345 g/mol. The van der Waals surface area contributed by atoms with Crippen molar-refractivity contribution in [2.45, 2.75) is 51.8 Å². The van der Waals surface area contributed by atoms with Crippen LogP contribution < -0.4 is 5.32 Å². The van der Waals surface area contributed by atoms with Gasteiger partial charge in [0, 0.05) is 38.8 Å². The highest BCUT2D eigenvalue weighted by molar-refractivity contribution is 5.68. The van der Waals surface area contributed by atoms with Crippen LogP contribution >= 0.6 is 0 Å². The average Bonchev–Trinajstić information content (AvgIpc) is 3.09. The van der Waals surface area contributed by atoms with Gasteiger partial charge in [-0.05, 0) is 51.3 Å². The lowest BCUT2D eigenvalue weighted by molar-refractivity contribution is 0.0139. The van der Waals surface area contributed by atoms with E-state index in [4.69, 9.17) is 4.74 Å². The van der Waals surface area contributed by atoms with Crippen molar-refractivity contribution in [3.8, 4) is 0 Å². The maximum absolute atomic E-state index is 12.2. The molecule has 1 amide bonds. The van der Waals surface area contributed by atoms with Crippen LogP contribution in [-0.2, 0) is 11.3 Å². The van der Waals surface area contributed by atoms with Crippen LogP contribution in [0.1, 0.15) is 50.8 Å². The summed E-state index contributed by atoms with van der Waals surface area (Å²) in [5, 5.41) is 3.61. The fraction of sp³-hybridized carbons (Fsp3) is 0.650. The molecule has 5 heteroatoms. The van der Waals surface area contributed by atoms with Gasteiger partial charge in [0.15, 0.2) is 0 Å². The first-order valence-corrected chi connectivity index (χ1v) is 9.44. The predicted octanol–water partition coefficient (Wildman–Crippen LogP) is 3.16. The van der Waals surface area contributed by atoms with Gasteiger partial charge in [0.05, 0.1) is 0 Å². The van der Waals surface area contributed by atoms with Gasteiger partial charge in [-0.25, -0.2) is 4.79 Å². The van der Waals surface area contributed by atoms with Crippen molar-refractivity contribution in [1.29, 1.82) is 0 Å². The van der Waals surface area contributed by atoms with E-state index in [1.54, 1.807) is 0 Å². The van der Waals surface area contributed by atoms with E-state index in [0.29, 0.717) is 6.04 Å². The number of benzene rings is 1. The van der Waals surface area contributed by atoms with Gasteiger partial charge in [-0.2, -0.15) is 0 Å². The number of carbonyl (C=O) groups is 1. The molecule has 1 aromatic rings. The number of hydrogen-bond donors (Lipinski definition) is 1. The van der Waals surface area contributed by atoms with Gasteiger partial charge in [-0.1, -0.05) is 24.3 Å². The summed E-state index contributed by atoms with van der Waals surface area (Å²) in [5.41, 5.74) is 2.42. The molecular weight excluding hydrogens is 314 g/mol. The van der Waals surface area contributed by atoms with Crippen molar-refractivity contribution in [2.75, 3.05) is 32.7 Å². The van der Waals surface area contributed by atoms with Crippen molar-refractivity contribution >= 4 is 6.09 Å². The molecule has 5 nitrogen and oxygen atoms in total. The Labute approximate surface area is 151 Å². The fourth-order valence-corrected chi connectivity index (χ4v) is 3.62. The van der Waals surface area contributed by atoms with E-state index < -0.39 is 5.60 Å². The highest BCUT2D eigenvalue weighted by Gasteiger charge is 2.26. The molecule has 1 atom stereocenters. The van der Waals surface area contributed by atoms with Crippen molar-refractivity contribution in [3.63, 3.8) is 0 Å². The minimum absolute atomic E-state index is 0.192. The first kappa shape index (κ1) is 18.2. The second-order valence-electron chi connectivity index (χ2n) is 8.09. The molecule has 0 spiro atoms. The van der Waals surface area contributed by atoms with Crippen molar-refractivity contribution in [1.82, 2.24) is 15.1 Å². The second kappa shape index (κ2) is 7.75. The van der Waals surface area contributed by atoms with Crippen LogP contribution in [-0.4, -0.2) is 54.2 Å². The third kappa shape index (κ3) is 4.95. The third-order valence-electron chi connectivity index (χ3n) is 4.91. The van der Waals surface area contributed by atoms with Crippen molar-refractivity contribution in [3.05, 3.63) is 35.4 Å². The summed E-state index contributed by atoms with van der Waals surface area (Å²) in [6, 6.07) is 9.27. The molecule has 0 bridgehead atoms. The summed E-state index contributed by atoms with van der Waals surface area (Å²) in [4.78, 5) is 16.4. The molecule has 0 radical (unpaired) electrons. The Morgan fingerprint density at radius 2 is 1.92 bits per heavy atom. The van der Waals surface area contributed by atoms with E-state index in [2.05, 4.69) is 34.5 Å². The van der Waals surface area contributed by atoms with Crippen molar-refractivity contribution < 1.29 is 9.53 Å². The lowest BCUT2D eigenvalue weighted by Crippen LogP contribution is -2.49. The molecule has 0 aliphatic carbocycles. The van der Waals surface area contributed by atoms with Crippen LogP contribution in [0.25, 0.3) is 0 Å². The summed E-state index contributed by atoms with van der Waals surface area (Å²) in [6.45, 7) is 11.1. The third-order valence-corrected chi connectivity index (χ3v) is 4.91. The minimum Gasteiger partial charge on any atom is -0.444 e. The largest absolute Gasteiger partial charge is 0.444 e. The van der Waals surface area contributed by atoms with Crippen molar-refractivity contribution in [2.24, 2.45) is 0 Å². The number of nitrogens with zero attached hydrogens (tertiary/aromatic N) is 2. The molecule has 2 heterocycles. The maximum Gasteiger partial charge on any atom is 0.410 e. The first-order chi connectivity index (χ1) is 11.9. The first-order valence-electron chi connectivity index (χ1n) is 9.44. The summed E-state index contributed by atoms with van der Waals surface area (Å²) >= 11 is 0. The zero-order valence-corrected chi connectivity index (χ0v) is 15.8. The molecule has 1 N–H and O–H groups in total. The molecule has 3 rings (SSSR count). The Balaban J connectivity index is 1.55. The Morgan fingerprint density at radius 1 is 1.20 bits per heavy atom. The Morgan fingerprint density at radius 3 is 2.56 bits per heavy atom. The van der Waals surface area contributed by atoms with Gasteiger partial charge < -0.3 is 15.0 Å². The molecule has 0 aromatic heterocycles. The number of amides is 1. The molecule has 1 aromatic carbocycles. The summed E-state index contributed by atoms with van der Waals surface area (Å²) < 4.78 is 5.48. The van der Waals surface area contributed by atoms with Gasteiger partial charge in [-0.3, -0.25) is 4.90 Å². The Bertz CT molecular complexity index is 583. The highest BCUT2D eigenvalue weighted by Crippen LogP contribution is 2.27. The second-order valence-corrected chi connectivity index (χ2v) is 8.09. The molecule has 2 saturated heterocycles.